The summed E-state index contributed by atoms with van der Waals surface area (Å²) in [6, 6.07) is 0. The average molecular weight is 339 g/mol. The van der Waals surface area contributed by atoms with E-state index in [1.54, 1.807) is 20.8 Å². The Labute approximate surface area is 138 Å². The molecule has 9 nitrogen and oxygen atoms in total. The van der Waals surface area contributed by atoms with Crippen LogP contribution in [0.3, 0.4) is 0 Å². The van der Waals surface area contributed by atoms with Gasteiger partial charge in [-0.25, -0.2) is 9.59 Å². The average Bonchev–Trinajstić information content (AvgIpc) is 2.47. The fourth-order valence-electron chi connectivity index (χ4n) is 2.69. The lowest BCUT2D eigenvalue weighted by molar-refractivity contribution is -0.141. The van der Waals surface area contributed by atoms with Crippen LogP contribution < -0.4 is 16.1 Å². The predicted molar refractivity (Wildman–Crippen MR) is 85.3 cm³/mol. The summed E-state index contributed by atoms with van der Waals surface area (Å²) >= 11 is 0. The number of rotatable bonds is 1. The van der Waals surface area contributed by atoms with E-state index in [1.165, 1.54) is 18.7 Å². The zero-order valence-electron chi connectivity index (χ0n) is 14.3. The molecule has 2 rings (SSSR count). The van der Waals surface area contributed by atoms with Crippen molar-refractivity contribution in [3.8, 4) is 0 Å². The minimum atomic E-state index is -1.12. The van der Waals surface area contributed by atoms with Crippen molar-refractivity contribution in [3.63, 3.8) is 0 Å². The normalized spacial score (nSPS) is 17.4. The molecule has 1 atom stereocenters. The summed E-state index contributed by atoms with van der Waals surface area (Å²) in [4.78, 5) is 49.5. The molecule has 1 amide bonds. The van der Waals surface area contributed by atoms with Crippen molar-refractivity contribution in [1.82, 2.24) is 9.13 Å². The van der Waals surface area contributed by atoms with Gasteiger partial charge in [0.15, 0.2) is 0 Å². The third-order valence-corrected chi connectivity index (χ3v) is 3.80. The lowest BCUT2D eigenvalue weighted by Gasteiger charge is -2.34. The smallest absolute Gasteiger partial charge is 0.415 e. The van der Waals surface area contributed by atoms with E-state index < -0.39 is 34.8 Å². The van der Waals surface area contributed by atoms with Gasteiger partial charge in [-0.2, -0.15) is 0 Å². The minimum Gasteiger partial charge on any atom is -0.481 e. The molecule has 0 spiro atoms. The van der Waals surface area contributed by atoms with Gasteiger partial charge in [0.25, 0.3) is 5.56 Å². The van der Waals surface area contributed by atoms with E-state index in [9.17, 15) is 24.3 Å². The van der Waals surface area contributed by atoms with E-state index in [2.05, 4.69) is 0 Å². The molecule has 1 unspecified atom stereocenters. The fraction of sp³-hybridized carbons (Fsp3) is 0.600. The molecule has 1 aliphatic heterocycles. The molecule has 1 aliphatic rings. The van der Waals surface area contributed by atoms with E-state index >= 15 is 0 Å². The number of nitrogens with zero attached hydrogens (tertiary/aromatic N) is 3. The van der Waals surface area contributed by atoms with Crippen molar-refractivity contribution < 1.29 is 19.4 Å². The molecular formula is C15H21N3O6. The zero-order chi connectivity index (χ0) is 18.4. The molecule has 1 N–H and O–H groups in total. The number of carbonyl (C=O) groups excluding carboxylic acids is 1. The Morgan fingerprint density at radius 3 is 2.25 bits per heavy atom. The van der Waals surface area contributed by atoms with Crippen LogP contribution in [-0.2, 0) is 30.0 Å². The van der Waals surface area contributed by atoms with Crippen LogP contribution in [0, 0.1) is 5.92 Å². The summed E-state index contributed by atoms with van der Waals surface area (Å²) in [5, 5.41) is 9.32. The molecule has 1 aromatic rings. The van der Waals surface area contributed by atoms with Gasteiger partial charge < -0.3 is 9.84 Å². The van der Waals surface area contributed by atoms with Crippen LogP contribution in [0.5, 0.6) is 0 Å². The van der Waals surface area contributed by atoms with Gasteiger partial charge in [0, 0.05) is 20.6 Å². The Kier molecular flexibility index (Phi) is 4.30. The number of carboxylic acids is 1. The van der Waals surface area contributed by atoms with Gasteiger partial charge in [-0.05, 0) is 27.2 Å². The van der Waals surface area contributed by atoms with E-state index in [1.807, 2.05) is 0 Å². The third-order valence-electron chi connectivity index (χ3n) is 3.80. The van der Waals surface area contributed by atoms with Gasteiger partial charge in [0.2, 0.25) is 0 Å². The molecule has 1 aromatic heterocycles. The standard InChI is InChI=1S/C15H21N3O6/c1-15(2,3)24-14(23)18-7-8(12(20)21)6-9-10(18)16(4)13(22)17(5)11(9)19/h8H,6-7H2,1-5H3,(H,20,21). The molecule has 0 radical (unpaired) electrons. The molecule has 24 heavy (non-hydrogen) atoms. The highest BCUT2D eigenvalue weighted by Gasteiger charge is 2.38. The summed E-state index contributed by atoms with van der Waals surface area (Å²) in [5.41, 5.74) is -1.88. The first-order chi connectivity index (χ1) is 10.9. The predicted octanol–water partition coefficient (Wildman–Crippen LogP) is 0.0824. The summed E-state index contributed by atoms with van der Waals surface area (Å²) in [6.45, 7) is 4.85. The first-order valence-electron chi connectivity index (χ1n) is 7.46. The van der Waals surface area contributed by atoms with E-state index in [-0.39, 0.29) is 24.3 Å². The zero-order valence-corrected chi connectivity index (χ0v) is 14.3. The number of aromatic nitrogens is 2. The summed E-state index contributed by atoms with van der Waals surface area (Å²) in [7, 11) is 2.74. The van der Waals surface area contributed by atoms with Crippen molar-refractivity contribution in [3.05, 3.63) is 26.4 Å². The van der Waals surface area contributed by atoms with Crippen LogP contribution in [0.15, 0.2) is 9.59 Å². The second-order valence-electron chi connectivity index (χ2n) is 6.84. The number of fused-ring (bicyclic) bond motifs is 1. The molecule has 0 aromatic carbocycles. The van der Waals surface area contributed by atoms with E-state index in [4.69, 9.17) is 4.74 Å². The van der Waals surface area contributed by atoms with Crippen molar-refractivity contribution in [2.45, 2.75) is 32.8 Å². The van der Waals surface area contributed by atoms with Crippen molar-refractivity contribution >= 4 is 17.9 Å². The summed E-state index contributed by atoms with van der Waals surface area (Å²) in [6.07, 6.45) is -0.844. The molecule has 132 valence electrons. The maximum Gasteiger partial charge on any atom is 0.415 e. The number of ether oxygens (including phenoxy) is 1. The molecule has 0 bridgehead atoms. The number of hydrogen-bond donors (Lipinski definition) is 1. The Hall–Kier alpha value is -2.58. The van der Waals surface area contributed by atoms with Gasteiger partial charge in [-0.1, -0.05) is 0 Å². The molecule has 0 saturated carbocycles. The first kappa shape index (κ1) is 17.8. The maximum absolute atomic E-state index is 12.5. The highest BCUT2D eigenvalue weighted by Crippen LogP contribution is 2.28. The molecule has 9 heteroatoms. The Morgan fingerprint density at radius 1 is 1.17 bits per heavy atom. The quantitative estimate of drug-likeness (QED) is 0.776. The summed E-state index contributed by atoms with van der Waals surface area (Å²) in [5.74, 6) is -1.98. The number of amides is 1. The SMILES string of the molecule is Cn1c2c(c(=O)n(C)c1=O)CC(C(=O)O)CN2C(=O)OC(C)(C)C. The number of anilines is 1. The Balaban J connectivity index is 2.66. The third kappa shape index (κ3) is 3.06. The second kappa shape index (κ2) is 5.81. The number of aliphatic carboxylic acids is 1. The van der Waals surface area contributed by atoms with Crippen molar-refractivity contribution in [1.29, 1.82) is 0 Å². The van der Waals surface area contributed by atoms with Gasteiger partial charge >= 0.3 is 17.8 Å². The maximum atomic E-state index is 12.5. The molecule has 0 aliphatic carbocycles. The van der Waals surface area contributed by atoms with E-state index in [0.717, 1.165) is 9.47 Å². The van der Waals surface area contributed by atoms with Gasteiger partial charge in [-0.3, -0.25) is 23.6 Å². The van der Waals surface area contributed by atoms with Crippen LogP contribution in [0.25, 0.3) is 0 Å². The number of carbonyl (C=O) groups is 2. The van der Waals surface area contributed by atoms with Crippen LogP contribution in [-0.4, -0.2) is 38.4 Å². The summed E-state index contributed by atoms with van der Waals surface area (Å²) < 4.78 is 7.36. The highest BCUT2D eigenvalue weighted by atomic mass is 16.6. The highest BCUT2D eigenvalue weighted by molar-refractivity contribution is 5.90. The number of carboxylic acid groups (broad SMARTS) is 1. The molecule has 0 fully saturated rings. The molecular weight excluding hydrogens is 318 g/mol. The van der Waals surface area contributed by atoms with Crippen LogP contribution in [0.4, 0.5) is 10.6 Å². The minimum absolute atomic E-state index is 0.0508. The Bertz CT molecular complexity index is 814. The monoisotopic (exact) mass is 339 g/mol. The molecule has 0 saturated heterocycles. The van der Waals surface area contributed by atoms with Crippen LogP contribution in [0.2, 0.25) is 0 Å². The van der Waals surface area contributed by atoms with E-state index in [0.29, 0.717) is 0 Å². The van der Waals surface area contributed by atoms with Gasteiger partial charge in [-0.15, -0.1) is 0 Å². The number of hydrogen-bond acceptors (Lipinski definition) is 5. The van der Waals surface area contributed by atoms with Crippen molar-refractivity contribution in [2.75, 3.05) is 11.4 Å². The topological polar surface area (TPSA) is 111 Å². The largest absolute Gasteiger partial charge is 0.481 e. The second-order valence-corrected chi connectivity index (χ2v) is 6.84. The first-order valence-corrected chi connectivity index (χ1v) is 7.46. The van der Waals surface area contributed by atoms with Crippen molar-refractivity contribution in [2.24, 2.45) is 20.0 Å². The lowest BCUT2D eigenvalue weighted by atomic mass is 9.95. The van der Waals surface area contributed by atoms with Gasteiger partial charge in [0.05, 0.1) is 11.5 Å². The van der Waals surface area contributed by atoms with Crippen LogP contribution >= 0.6 is 0 Å². The van der Waals surface area contributed by atoms with Crippen LogP contribution in [0.1, 0.15) is 26.3 Å². The fourth-order valence-corrected chi connectivity index (χ4v) is 2.69. The molecule has 2 heterocycles. The lowest BCUT2D eigenvalue weighted by Crippen LogP contribution is -2.51. The van der Waals surface area contributed by atoms with Gasteiger partial charge in [0.1, 0.15) is 11.4 Å². The Morgan fingerprint density at radius 2 is 1.75 bits per heavy atom.